The highest BCUT2D eigenvalue weighted by Gasteiger charge is 2.27. The summed E-state index contributed by atoms with van der Waals surface area (Å²) in [6, 6.07) is 10.2. The molecular formula is C12H14N2OS. The lowest BCUT2D eigenvalue weighted by molar-refractivity contribution is -0.108. The van der Waals surface area contributed by atoms with Crippen molar-refractivity contribution in [2.45, 2.75) is 19.2 Å². The molecule has 0 saturated heterocycles. The number of nitrogens with zero attached hydrogens (tertiary/aromatic N) is 1. The second-order valence-electron chi connectivity index (χ2n) is 3.60. The summed E-state index contributed by atoms with van der Waals surface area (Å²) in [4.78, 5) is 12.7. The SMILES string of the molecule is CC1=C(NC=O)SC(C)N1c1ccccc1. The van der Waals surface area contributed by atoms with Crippen LogP contribution in [0.1, 0.15) is 13.8 Å². The Bertz CT molecular complexity index is 416. The van der Waals surface area contributed by atoms with Crippen molar-refractivity contribution in [1.82, 2.24) is 5.32 Å². The number of para-hydroxylation sites is 1. The molecule has 0 aromatic heterocycles. The summed E-state index contributed by atoms with van der Waals surface area (Å²) in [6.07, 6.45) is 0.729. The van der Waals surface area contributed by atoms with Crippen LogP contribution in [-0.4, -0.2) is 11.8 Å². The molecule has 1 amide bonds. The third-order valence-corrected chi connectivity index (χ3v) is 3.77. The van der Waals surface area contributed by atoms with Crippen LogP contribution in [0, 0.1) is 0 Å². The molecule has 0 saturated carbocycles. The average Bonchev–Trinajstić information content (AvgIpc) is 2.56. The van der Waals surface area contributed by atoms with Crippen molar-refractivity contribution in [1.29, 1.82) is 0 Å². The van der Waals surface area contributed by atoms with Crippen molar-refractivity contribution in [2.75, 3.05) is 4.90 Å². The van der Waals surface area contributed by atoms with Gasteiger partial charge < -0.3 is 10.2 Å². The molecule has 1 unspecified atom stereocenters. The zero-order chi connectivity index (χ0) is 11.5. The number of hydrogen-bond donors (Lipinski definition) is 1. The maximum atomic E-state index is 10.5. The van der Waals surface area contributed by atoms with Crippen LogP contribution in [0.4, 0.5) is 5.69 Å². The molecule has 16 heavy (non-hydrogen) atoms. The van der Waals surface area contributed by atoms with E-state index in [1.54, 1.807) is 11.8 Å². The van der Waals surface area contributed by atoms with Crippen LogP contribution in [0.15, 0.2) is 41.1 Å². The summed E-state index contributed by atoms with van der Waals surface area (Å²) in [5.74, 6) is 0. The highest BCUT2D eigenvalue weighted by molar-refractivity contribution is 8.04. The van der Waals surface area contributed by atoms with E-state index < -0.39 is 0 Å². The molecule has 0 bridgehead atoms. The van der Waals surface area contributed by atoms with Crippen molar-refractivity contribution in [3.8, 4) is 0 Å². The van der Waals surface area contributed by atoms with Crippen LogP contribution in [0.2, 0.25) is 0 Å². The molecule has 1 heterocycles. The molecule has 2 rings (SSSR count). The van der Waals surface area contributed by atoms with Gasteiger partial charge in [0.1, 0.15) is 0 Å². The first-order valence-electron chi connectivity index (χ1n) is 5.16. The maximum absolute atomic E-state index is 10.5. The van der Waals surface area contributed by atoms with Gasteiger partial charge in [-0.15, -0.1) is 0 Å². The van der Waals surface area contributed by atoms with E-state index in [9.17, 15) is 4.79 Å². The van der Waals surface area contributed by atoms with Gasteiger partial charge in [-0.25, -0.2) is 0 Å². The number of allylic oxidation sites excluding steroid dienone is 1. The van der Waals surface area contributed by atoms with Crippen molar-refractivity contribution < 1.29 is 4.79 Å². The number of rotatable bonds is 3. The fourth-order valence-electron chi connectivity index (χ4n) is 1.87. The van der Waals surface area contributed by atoms with Crippen LogP contribution in [-0.2, 0) is 4.79 Å². The van der Waals surface area contributed by atoms with E-state index in [1.807, 2.05) is 25.1 Å². The fourth-order valence-corrected chi connectivity index (χ4v) is 2.99. The first-order chi connectivity index (χ1) is 7.74. The number of nitrogens with one attached hydrogen (secondary N) is 1. The standard InChI is InChI=1S/C12H14N2OS/c1-9-12(13-8-15)16-10(2)14(9)11-6-4-3-5-7-11/h3-8,10H,1-2H3,(H,13,15). The van der Waals surface area contributed by atoms with Gasteiger partial charge in [-0.1, -0.05) is 30.0 Å². The summed E-state index contributed by atoms with van der Waals surface area (Å²) in [5, 5.41) is 3.99. The van der Waals surface area contributed by atoms with E-state index in [-0.39, 0.29) is 0 Å². The minimum Gasteiger partial charge on any atom is -0.330 e. The lowest BCUT2D eigenvalue weighted by Crippen LogP contribution is -2.24. The predicted molar refractivity (Wildman–Crippen MR) is 67.9 cm³/mol. The molecule has 1 atom stereocenters. The highest BCUT2D eigenvalue weighted by Crippen LogP contribution is 2.38. The Balaban J connectivity index is 2.31. The van der Waals surface area contributed by atoms with E-state index in [0.29, 0.717) is 5.37 Å². The lowest BCUT2D eigenvalue weighted by Gasteiger charge is -2.24. The molecule has 0 radical (unpaired) electrons. The van der Waals surface area contributed by atoms with Crippen LogP contribution in [0.25, 0.3) is 0 Å². The van der Waals surface area contributed by atoms with Crippen LogP contribution in [0.5, 0.6) is 0 Å². The summed E-state index contributed by atoms with van der Waals surface area (Å²) in [5.41, 5.74) is 2.25. The number of hydrogen-bond acceptors (Lipinski definition) is 3. The van der Waals surface area contributed by atoms with Gasteiger partial charge in [-0.05, 0) is 26.0 Å². The van der Waals surface area contributed by atoms with Crippen LogP contribution in [0.3, 0.4) is 0 Å². The molecule has 0 fully saturated rings. The molecule has 1 aromatic carbocycles. The second kappa shape index (κ2) is 4.61. The normalized spacial score (nSPS) is 20.1. The van der Waals surface area contributed by atoms with Crippen LogP contribution < -0.4 is 10.2 Å². The van der Waals surface area contributed by atoms with Gasteiger partial charge in [0.15, 0.2) is 0 Å². The molecular weight excluding hydrogens is 220 g/mol. The molecule has 3 nitrogen and oxygen atoms in total. The lowest BCUT2D eigenvalue weighted by atomic mass is 10.2. The summed E-state index contributed by atoms with van der Waals surface area (Å²) in [7, 11) is 0. The summed E-state index contributed by atoms with van der Waals surface area (Å²) >= 11 is 1.66. The molecule has 1 aliphatic heterocycles. The molecule has 1 aromatic rings. The minimum absolute atomic E-state index is 0.310. The monoisotopic (exact) mass is 234 g/mol. The number of carbonyl (C=O) groups is 1. The highest BCUT2D eigenvalue weighted by atomic mass is 32.2. The Hall–Kier alpha value is -1.42. The Morgan fingerprint density at radius 1 is 1.38 bits per heavy atom. The second-order valence-corrected chi connectivity index (χ2v) is 4.93. The largest absolute Gasteiger partial charge is 0.330 e. The van der Waals surface area contributed by atoms with Crippen molar-refractivity contribution in [3.05, 3.63) is 41.1 Å². The van der Waals surface area contributed by atoms with E-state index in [4.69, 9.17) is 0 Å². The average molecular weight is 234 g/mol. The third-order valence-electron chi connectivity index (χ3n) is 2.57. The molecule has 0 aliphatic carbocycles. The van der Waals surface area contributed by atoms with Crippen molar-refractivity contribution in [3.63, 3.8) is 0 Å². The number of amides is 1. The Labute approximate surface area is 99.5 Å². The van der Waals surface area contributed by atoms with Gasteiger partial charge in [0.05, 0.1) is 10.4 Å². The Morgan fingerprint density at radius 3 is 2.69 bits per heavy atom. The Kier molecular flexibility index (Phi) is 3.19. The summed E-state index contributed by atoms with van der Waals surface area (Å²) < 4.78 is 0. The molecule has 84 valence electrons. The number of carbonyl (C=O) groups excluding carboxylic acids is 1. The number of anilines is 1. The first-order valence-corrected chi connectivity index (χ1v) is 6.04. The van der Waals surface area contributed by atoms with Gasteiger partial charge in [-0.3, -0.25) is 4.79 Å². The van der Waals surface area contributed by atoms with Gasteiger partial charge in [0.2, 0.25) is 6.41 Å². The molecule has 4 heteroatoms. The van der Waals surface area contributed by atoms with E-state index >= 15 is 0 Å². The van der Waals surface area contributed by atoms with Gasteiger partial charge in [0.25, 0.3) is 0 Å². The topological polar surface area (TPSA) is 32.3 Å². The maximum Gasteiger partial charge on any atom is 0.211 e. The molecule has 1 aliphatic rings. The van der Waals surface area contributed by atoms with Gasteiger partial charge in [0, 0.05) is 11.4 Å². The quantitative estimate of drug-likeness (QED) is 0.816. The zero-order valence-electron chi connectivity index (χ0n) is 9.31. The first kappa shape index (κ1) is 11.1. The minimum atomic E-state index is 0.310. The summed E-state index contributed by atoms with van der Waals surface area (Å²) in [6.45, 7) is 4.15. The fraction of sp³-hybridized carbons (Fsp3) is 0.250. The molecule has 1 N–H and O–H groups in total. The van der Waals surface area contributed by atoms with E-state index in [0.717, 1.165) is 22.8 Å². The predicted octanol–water partition coefficient (Wildman–Crippen LogP) is 2.52. The van der Waals surface area contributed by atoms with E-state index in [2.05, 4.69) is 29.3 Å². The van der Waals surface area contributed by atoms with Crippen molar-refractivity contribution in [2.24, 2.45) is 0 Å². The smallest absolute Gasteiger partial charge is 0.211 e. The van der Waals surface area contributed by atoms with Gasteiger partial charge >= 0.3 is 0 Å². The molecule has 0 spiro atoms. The zero-order valence-corrected chi connectivity index (χ0v) is 10.1. The van der Waals surface area contributed by atoms with Crippen LogP contribution >= 0.6 is 11.8 Å². The Morgan fingerprint density at radius 2 is 2.06 bits per heavy atom. The van der Waals surface area contributed by atoms with Gasteiger partial charge in [-0.2, -0.15) is 0 Å². The van der Waals surface area contributed by atoms with Crippen molar-refractivity contribution >= 4 is 23.9 Å². The third kappa shape index (κ3) is 1.93. The number of thioether (sulfide) groups is 1. The number of benzene rings is 1. The van der Waals surface area contributed by atoms with E-state index in [1.165, 1.54) is 0 Å².